The molecule has 0 aliphatic heterocycles. The fraction of sp³-hybridized carbons (Fsp3) is 0.133. The number of H-pyrrole nitrogens is 1. The molecule has 0 fully saturated rings. The highest BCUT2D eigenvalue weighted by Gasteiger charge is 2.34. The van der Waals surface area contributed by atoms with Gasteiger partial charge in [0.05, 0.1) is 18.9 Å². The molecule has 0 unspecified atom stereocenters. The highest BCUT2D eigenvalue weighted by Crippen LogP contribution is 2.38. The number of halogens is 3. The van der Waals surface area contributed by atoms with E-state index >= 15 is 0 Å². The summed E-state index contributed by atoms with van der Waals surface area (Å²) in [5, 5.41) is 2.32. The molecule has 2 aromatic heterocycles. The third-order valence-electron chi connectivity index (χ3n) is 3.14. The van der Waals surface area contributed by atoms with Crippen molar-refractivity contribution >= 4 is 23.2 Å². The van der Waals surface area contributed by atoms with E-state index < -0.39 is 17.8 Å². The molecule has 0 atom stereocenters. The van der Waals surface area contributed by atoms with Gasteiger partial charge in [0.15, 0.2) is 5.65 Å². The van der Waals surface area contributed by atoms with Gasteiger partial charge in [0.1, 0.15) is 17.0 Å². The molecule has 0 saturated heterocycles. The van der Waals surface area contributed by atoms with Crippen LogP contribution in [0.5, 0.6) is 11.5 Å². The van der Waals surface area contributed by atoms with Gasteiger partial charge in [-0.25, -0.2) is 14.8 Å². The number of anilines is 1. The van der Waals surface area contributed by atoms with Gasteiger partial charge < -0.3 is 14.5 Å². The number of carbonyl (C=O) groups is 1. The average molecular weight is 352 g/mol. The van der Waals surface area contributed by atoms with Gasteiger partial charge in [-0.05, 0) is 12.1 Å². The Morgan fingerprint density at radius 3 is 2.76 bits per heavy atom. The summed E-state index contributed by atoms with van der Waals surface area (Å²) >= 11 is 0. The molecule has 0 aliphatic carbocycles. The number of carbonyl (C=O) groups excluding carboxylic acids is 1. The van der Waals surface area contributed by atoms with Crippen LogP contribution in [0.25, 0.3) is 11.2 Å². The summed E-state index contributed by atoms with van der Waals surface area (Å²) in [6.45, 7) is 0. The van der Waals surface area contributed by atoms with Crippen molar-refractivity contribution in [1.82, 2.24) is 15.0 Å². The number of aromatic nitrogens is 3. The molecule has 3 aromatic rings. The summed E-state index contributed by atoms with van der Waals surface area (Å²) in [5.74, 6) is -0.192. The number of hydrogen-bond acceptors (Lipinski definition) is 5. The van der Waals surface area contributed by atoms with Gasteiger partial charge in [0, 0.05) is 6.07 Å². The van der Waals surface area contributed by atoms with Crippen molar-refractivity contribution < 1.29 is 27.4 Å². The van der Waals surface area contributed by atoms with Crippen molar-refractivity contribution in [1.29, 1.82) is 0 Å². The molecule has 25 heavy (non-hydrogen) atoms. The summed E-state index contributed by atoms with van der Waals surface area (Å²) in [4.78, 5) is 21.9. The van der Waals surface area contributed by atoms with E-state index in [4.69, 9.17) is 4.74 Å². The second kappa shape index (κ2) is 6.30. The van der Waals surface area contributed by atoms with E-state index in [9.17, 15) is 18.0 Å². The normalized spacial score (nSPS) is 11.4. The number of ether oxygens (including phenoxy) is 2. The maximum absolute atomic E-state index is 13.0. The van der Waals surface area contributed by atoms with E-state index in [1.807, 2.05) is 0 Å². The number of nitrogens with one attached hydrogen (secondary N) is 2. The van der Waals surface area contributed by atoms with Crippen LogP contribution in [0.1, 0.15) is 5.56 Å². The molecular weight excluding hydrogens is 341 g/mol. The second-order valence-electron chi connectivity index (χ2n) is 4.84. The van der Waals surface area contributed by atoms with Crippen LogP contribution in [0.15, 0.2) is 36.5 Å². The molecule has 7 nitrogen and oxygen atoms in total. The first-order valence-electron chi connectivity index (χ1n) is 6.91. The predicted octanol–water partition coefficient (Wildman–Crippen LogP) is 3.95. The first-order chi connectivity index (χ1) is 11.9. The zero-order chi connectivity index (χ0) is 18.0. The van der Waals surface area contributed by atoms with Crippen LogP contribution in [-0.2, 0) is 10.9 Å². The number of aromatic amines is 1. The van der Waals surface area contributed by atoms with Gasteiger partial charge in [-0.15, -0.1) is 0 Å². The molecule has 2 heterocycles. The Kier molecular flexibility index (Phi) is 4.17. The Morgan fingerprint density at radius 2 is 2.04 bits per heavy atom. The van der Waals surface area contributed by atoms with Crippen LogP contribution in [0.2, 0.25) is 0 Å². The number of benzene rings is 1. The second-order valence-corrected chi connectivity index (χ2v) is 4.84. The van der Waals surface area contributed by atoms with Crippen molar-refractivity contribution in [3.8, 4) is 11.5 Å². The number of amides is 1. The van der Waals surface area contributed by atoms with Crippen LogP contribution >= 0.6 is 0 Å². The molecular formula is C15H11F3N4O3. The number of fused-ring (bicyclic) bond motifs is 1. The Hall–Kier alpha value is -3.30. The van der Waals surface area contributed by atoms with Crippen molar-refractivity contribution in [3.05, 3.63) is 42.1 Å². The number of imidazole rings is 1. The Bertz CT molecular complexity index is 924. The van der Waals surface area contributed by atoms with Gasteiger partial charge in [0.25, 0.3) is 0 Å². The highest BCUT2D eigenvalue weighted by atomic mass is 19.4. The molecule has 0 aliphatic rings. The van der Waals surface area contributed by atoms with Crippen molar-refractivity contribution in [2.45, 2.75) is 6.18 Å². The van der Waals surface area contributed by atoms with Gasteiger partial charge in [0.2, 0.25) is 5.95 Å². The van der Waals surface area contributed by atoms with Crippen molar-refractivity contribution in [2.24, 2.45) is 0 Å². The van der Waals surface area contributed by atoms with E-state index in [1.54, 1.807) is 0 Å². The van der Waals surface area contributed by atoms with E-state index in [1.165, 1.54) is 37.6 Å². The smallest absolute Gasteiger partial charge is 0.419 e. The Labute approximate surface area is 138 Å². The lowest BCUT2D eigenvalue weighted by atomic mass is 10.2. The van der Waals surface area contributed by atoms with Gasteiger partial charge in [-0.3, -0.25) is 5.32 Å². The third-order valence-corrected chi connectivity index (χ3v) is 3.14. The lowest BCUT2D eigenvalue weighted by molar-refractivity contribution is -0.138. The fourth-order valence-corrected chi connectivity index (χ4v) is 2.06. The first kappa shape index (κ1) is 16.6. The zero-order valence-corrected chi connectivity index (χ0v) is 12.7. The number of rotatable bonds is 3. The number of para-hydroxylation sites is 1. The largest absolute Gasteiger partial charge is 0.455 e. The summed E-state index contributed by atoms with van der Waals surface area (Å²) in [6.07, 6.45) is -4.03. The molecule has 0 spiro atoms. The number of pyridine rings is 1. The summed E-state index contributed by atoms with van der Waals surface area (Å²) in [7, 11) is 1.19. The summed E-state index contributed by atoms with van der Waals surface area (Å²) in [6, 6.07) is 6.24. The maximum Gasteiger partial charge on any atom is 0.419 e. The number of methoxy groups -OCH3 is 1. The van der Waals surface area contributed by atoms with Crippen LogP contribution in [0.4, 0.5) is 23.9 Å². The van der Waals surface area contributed by atoms with Crippen LogP contribution in [0.3, 0.4) is 0 Å². The van der Waals surface area contributed by atoms with E-state index in [2.05, 4.69) is 25.0 Å². The minimum atomic E-state index is -4.54. The van der Waals surface area contributed by atoms with Gasteiger partial charge in [-0.2, -0.15) is 13.2 Å². The van der Waals surface area contributed by atoms with Crippen LogP contribution in [-0.4, -0.2) is 28.2 Å². The predicted molar refractivity (Wildman–Crippen MR) is 81.4 cm³/mol. The number of hydrogen-bond donors (Lipinski definition) is 2. The molecule has 0 saturated carbocycles. The standard InChI is InChI=1S/C15H11F3N4O3/c1-24-14(23)22-13-20-10-6-8(7-19-12(10)21-13)25-11-5-3-2-4-9(11)15(16,17)18/h2-7H,1H3,(H2,19,20,21,22,23). The fourth-order valence-electron chi connectivity index (χ4n) is 2.06. The molecule has 1 amide bonds. The first-order valence-corrected chi connectivity index (χ1v) is 6.91. The molecule has 130 valence electrons. The summed E-state index contributed by atoms with van der Waals surface area (Å²) < 4.78 is 48.7. The van der Waals surface area contributed by atoms with Gasteiger partial charge in [-0.1, -0.05) is 12.1 Å². The third kappa shape index (κ3) is 3.62. The van der Waals surface area contributed by atoms with E-state index in [-0.39, 0.29) is 17.4 Å². The van der Waals surface area contributed by atoms with Crippen LogP contribution < -0.4 is 10.1 Å². The Balaban J connectivity index is 1.89. The molecule has 0 radical (unpaired) electrons. The minimum absolute atomic E-state index is 0.0697. The Morgan fingerprint density at radius 1 is 1.28 bits per heavy atom. The van der Waals surface area contributed by atoms with Gasteiger partial charge >= 0.3 is 12.3 Å². The zero-order valence-electron chi connectivity index (χ0n) is 12.7. The average Bonchev–Trinajstić information content (AvgIpc) is 2.95. The minimum Gasteiger partial charge on any atom is -0.455 e. The van der Waals surface area contributed by atoms with Crippen molar-refractivity contribution in [3.63, 3.8) is 0 Å². The monoisotopic (exact) mass is 352 g/mol. The number of alkyl halides is 3. The van der Waals surface area contributed by atoms with E-state index in [0.29, 0.717) is 11.2 Å². The van der Waals surface area contributed by atoms with E-state index in [0.717, 1.165) is 6.07 Å². The molecule has 10 heteroatoms. The summed E-state index contributed by atoms with van der Waals surface area (Å²) in [5.41, 5.74) is -0.276. The molecule has 1 aromatic carbocycles. The van der Waals surface area contributed by atoms with Crippen LogP contribution in [0, 0.1) is 0 Å². The molecule has 3 rings (SSSR count). The maximum atomic E-state index is 13.0. The lowest BCUT2D eigenvalue weighted by Gasteiger charge is -2.13. The SMILES string of the molecule is COC(=O)Nc1nc2cc(Oc3ccccc3C(F)(F)F)cnc2[nH]1. The topological polar surface area (TPSA) is 89.1 Å². The lowest BCUT2D eigenvalue weighted by Crippen LogP contribution is -2.11. The molecule has 2 N–H and O–H groups in total. The van der Waals surface area contributed by atoms with Crippen molar-refractivity contribution in [2.75, 3.05) is 12.4 Å². The quantitative estimate of drug-likeness (QED) is 0.745. The molecule has 0 bridgehead atoms. The highest BCUT2D eigenvalue weighted by molar-refractivity contribution is 5.85. The number of nitrogens with zero attached hydrogens (tertiary/aromatic N) is 2.